The number of carbonyl (C=O) groups is 4. The van der Waals surface area contributed by atoms with Crippen molar-refractivity contribution in [3.63, 3.8) is 0 Å². The van der Waals surface area contributed by atoms with Gasteiger partial charge in [0.2, 0.25) is 0 Å². The molecule has 0 amide bonds. The van der Waals surface area contributed by atoms with Gasteiger partial charge in [-0.2, -0.15) is 0 Å². The minimum Gasteiger partial charge on any atom is -0.481 e. The minimum atomic E-state index is -1.50. The van der Waals surface area contributed by atoms with Crippen LogP contribution in [0.25, 0.3) is 0 Å². The zero-order valence-corrected chi connectivity index (χ0v) is 13.3. The molecule has 0 heterocycles. The van der Waals surface area contributed by atoms with E-state index < -0.39 is 58.9 Å². The number of unbranched alkanes of at least 4 members (excludes halogenated alkanes) is 1. The Morgan fingerprint density at radius 3 is 1.88 bits per heavy atom. The number of hydrogen-bond donors (Lipinski definition) is 4. The fourth-order valence-electron chi connectivity index (χ4n) is 4.85. The van der Waals surface area contributed by atoms with E-state index in [2.05, 4.69) is 0 Å². The molecule has 6 atom stereocenters. The molecule has 0 bridgehead atoms. The molecule has 0 saturated heterocycles. The van der Waals surface area contributed by atoms with Crippen molar-refractivity contribution in [3.8, 4) is 0 Å². The summed E-state index contributed by atoms with van der Waals surface area (Å²) in [6.45, 7) is 1.86. The van der Waals surface area contributed by atoms with Crippen LogP contribution in [0.3, 0.4) is 0 Å². The number of rotatable bonds is 7. The second kappa shape index (κ2) is 6.41. The van der Waals surface area contributed by atoms with Crippen LogP contribution < -0.4 is 0 Å². The lowest BCUT2D eigenvalue weighted by molar-refractivity contribution is -0.217. The SMILES string of the molecule is CCCCC1(C(=O)O)C2CC(C(=O)O)C(C(=O)O)CC2C1C(=O)O. The molecule has 4 N–H and O–H groups in total. The topological polar surface area (TPSA) is 149 Å². The molecular formula is C16H22O8. The van der Waals surface area contributed by atoms with Crippen molar-refractivity contribution in [3.05, 3.63) is 0 Å². The number of aliphatic carboxylic acids is 4. The third kappa shape index (κ3) is 2.53. The first-order valence-corrected chi connectivity index (χ1v) is 8.10. The minimum absolute atomic E-state index is 0.100. The Labute approximate surface area is 138 Å². The van der Waals surface area contributed by atoms with E-state index in [9.17, 15) is 39.6 Å². The highest BCUT2D eigenvalue weighted by atomic mass is 16.4. The number of carboxylic acids is 4. The Morgan fingerprint density at radius 1 is 0.917 bits per heavy atom. The van der Waals surface area contributed by atoms with Gasteiger partial charge in [0.15, 0.2) is 0 Å². The normalized spacial score (nSPS) is 37.8. The van der Waals surface area contributed by atoms with Gasteiger partial charge in [-0.15, -0.1) is 0 Å². The molecule has 0 spiro atoms. The van der Waals surface area contributed by atoms with Gasteiger partial charge >= 0.3 is 23.9 Å². The predicted octanol–water partition coefficient (Wildman–Crippen LogP) is 1.39. The number of carboxylic acid groups (broad SMARTS) is 4. The zero-order valence-electron chi connectivity index (χ0n) is 13.3. The summed E-state index contributed by atoms with van der Waals surface area (Å²) >= 11 is 0. The summed E-state index contributed by atoms with van der Waals surface area (Å²) in [7, 11) is 0. The van der Waals surface area contributed by atoms with Crippen LogP contribution in [0, 0.1) is 35.0 Å². The monoisotopic (exact) mass is 342 g/mol. The lowest BCUT2D eigenvalue weighted by Crippen LogP contribution is -2.67. The van der Waals surface area contributed by atoms with Gasteiger partial charge in [0.1, 0.15) is 0 Å². The first-order chi connectivity index (χ1) is 11.2. The van der Waals surface area contributed by atoms with E-state index in [4.69, 9.17) is 0 Å². The van der Waals surface area contributed by atoms with Gasteiger partial charge in [-0.3, -0.25) is 19.2 Å². The van der Waals surface area contributed by atoms with Gasteiger partial charge in [-0.05, 0) is 31.1 Å². The lowest BCUT2D eigenvalue weighted by atomic mass is 9.40. The molecule has 2 saturated carbocycles. The van der Waals surface area contributed by atoms with Gasteiger partial charge in [0.05, 0.1) is 23.2 Å². The van der Waals surface area contributed by atoms with E-state index in [1.807, 2.05) is 6.92 Å². The van der Waals surface area contributed by atoms with Crippen molar-refractivity contribution in [1.29, 1.82) is 0 Å². The maximum Gasteiger partial charge on any atom is 0.310 e. The molecule has 6 unspecified atom stereocenters. The summed E-state index contributed by atoms with van der Waals surface area (Å²) in [6, 6.07) is 0. The number of hydrogen-bond acceptors (Lipinski definition) is 4. The average molecular weight is 342 g/mol. The highest BCUT2D eigenvalue weighted by Crippen LogP contribution is 2.65. The van der Waals surface area contributed by atoms with Crippen LogP contribution in [0.4, 0.5) is 0 Å². The van der Waals surface area contributed by atoms with E-state index in [0.717, 1.165) is 0 Å². The molecule has 8 nitrogen and oxygen atoms in total. The summed E-state index contributed by atoms with van der Waals surface area (Å²) < 4.78 is 0. The van der Waals surface area contributed by atoms with Crippen LogP contribution in [-0.2, 0) is 19.2 Å². The van der Waals surface area contributed by atoms with Crippen LogP contribution in [-0.4, -0.2) is 44.3 Å². The van der Waals surface area contributed by atoms with Gasteiger partial charge in [0.25, 0.3) is 0 Å². The molecule has 0 radical (unpaired) electrons. The van der Waals surface area contributed by atoms with Crippen molar-refractivity contribution < 1.29 is 39.6 Å². The molecule has 2 fully saturated rings. The molecule has 134 valence electrons. The van der Waals surface area contributed by atoms with E-state index in [-0.39, 0.29) is 19.3 Å². The predicted molar refractivity (Wildman–Crippen MR) is 79.2 cm³/mol. The van der Waals surface area contributed by atoms with E-state index in [0.29, 0.717) is 12.8 Å². The molecule has 2 rings (SSSR count). The van der Waals surface area contributed by atoms with Crippen molar-refractivity contribution in [1.82, 2.24) is 0 Å². The van der Waals surface area contributed by atoms with Gasteiger partial charge < -0.3 is 20.4 Å². The van der Waals surface area contributed by atoms with Crippen LogP contribution in [0.1, 0.15) is 39.0 Å². The van der Waals surface area contributed by atoms with Crippen LogP contribution in [0.2, 0.25) is 0 Å². The lowest BCUT2D eigenvalue weighted by Gasteiger charge is -2.61. The van der Waals surface area contributed by atoms with Crippen LogP contribution in [0.15, 0.2) is 0 Å². The summed E-state index contributed by atoms with van der Waals surface area (Å²) in [5.74, 6) is -9.74. The zero-order chi connectivity index (χ0) is 18.2. The first-order valence-electron chi connectivity index (χ1n) is 8.10. The van der Waals surface area contributed by atoms with Crippen LogP contribution >= 0.6 is 0 Å². The van der Waals surface area contributed by atoms with Gasteiger partial charge in [-0.25, -0.2) is 0 Å². The second-order valence-corrected chi connectivity index (χ2v) is 6.90. The molecule has 2 aliphatic rings. The maximum atomic E-state index is 11.9. The van der Waals surface area contributed by atoms with Crippen LogP contribution in [0.5, 0.6) is 0 Å². The summed E-state index contributed by atoms with van der Waals surface area (Å²) in [5.41, 5.74) is -1.50. The third-order valence-corrected chi connectivity index (χ3v) is 5.92. The van der Waals surface area contributed by atoms with E-state index in [1.165, 1.54) is 0 Å². The van der Waals surface area contributed by atoms with Crippen molar-refractivity contribution in [2.75, 3.05) is 0 Å². The van der Waals surface area contributed by atoms with E-state index >= 15 is 0 Å². The van der Waals surface area contributed by atoms with Crippen molar-refractivity contribution >= 4 is 23.9 Å². The smallest absolute Gasteiger partial charge is 0.310 e. The average Bonchev–Trinajstić information content (AvgIpc) is 2.46. The highest BCUT2D eigenvalue weighted by molar-refractivity contribution is 5.88. The quantitative estimate of drug-likeness (QED) is 0.542. The highest BCUT2D eigenvalue weighted by Gasteiger charge is 2.71. The molecule has 0 aromatic heterocycles. The molecular weight excluding hydrogens is 320 g/mol. The fourth-order valence-corrected chi connectivity index (χ4v) is 4.85. The Balaban J connectivity index is 2.41. The standard InChI is InChI=1S/C16H22O8/c1-2-3-4-16(15(23)24)10-6-8(13(19)20)7(12(17)18)5-9(10)11(16)14(21)22/h7-11H,2-6H2,1H3,(H,17,18)(H,19,20)(H,21,22)(H,23,24). The van der Waals surface area contributed by atoms with E-state index in [1.54, 1.807) is 0 Å². The summed E-state index contributed by atoms with van der Waals surface area (Å²) in [6.07, 6.45) is 1.19. The first kappa shape index (κ1) is 18.2. The second-order valence-electron chi connectivity index (χ2n) is 6.90. The Hall–Kier alpha value is -2.12. The summed E-state index contributed by atoms with van der Waals surface area (Å²) in [5, 5.41) is 37.9. The van der Waals surface area contributed by atoms with Gasteiger partial charge in [-0.1, -0.05) is 19.8 Å². The Bertz CT molecular complexity index is 570. The molecule has 0 aliphatic heterocycles. The maximum absolute atomic E-state index is 11.9. The largest absolute Gasteiger partial charge is 0.481 e. The molecule has 0 aromatic carbocycles. The van der Waals surface area contributed by atoms with Crippen molar-refractivity contribution in [2.45, 2.75) is 39.0 Å². The number of fused-ring (bicyclic) bond motifs is 1. The Kier molecular flexibility index (Phi) is 4.87. The fraction of sp³-hybridized carbons (Fsp3) is 0.750. The molecule has 0 aromatic rings. The van der Waals surface area contributed by atoms with Gasteiger partial charge in [0, 0.05) is 0 Å². The molecule has 2 aliphatic carbocycles. The molecule has 8 heteroatoms. The molecule has 24 heavy (non-hydrogen) atoms. The van der Waals surface area contributed by atoms with Crippen molar-refractivity contribution in [2.24, 2.45) is 35.0 Å². The third-order valence-electron chi connectivity index (χ3n) is 5.92. The summed E-state index contributed by atoms with van der Waals surface area (Å²) in [4.78, 5) is 46.4. The Morgan fingerprint density at radius 2 is 1.46 bits per heavy atom.